The van der Waals surface area contributed by atoms with Crippen LogP contribution in [-0.2, 0) is 68.5 Å². The molecule has 0 aliphatic carbocycles. The normalized spacial score (nSPS) is 30.4. The summed E-state index contributed by atoms with van der Waals surface area (Å²) < 4.78 is 56.6. The van der Waals surface area contributed by atoms with Gasteiger partial charge in [0.05, 0.1) is 29.4 Å². The highest BCUT2D eigenvalue weighted by Gasteiger charge is 2.52. The number of rotatable bonds is 11. The summed E-state index contributed by atoms with van der Waals surface area (Å²) in [6.07, 6.45) is -28.3. The molecule has 640 valence electrons. The van der Waals surface area contributed by atoms with Crippen molar-refractivity contribution in [3.63, 3.8) is 0 Å². The lowest BCUT2D eigenvalue weighted by molar-refractivity contribution is -0.284. The number of aliphatic carboxylic acids is 1. The van der Waals surface area contributed by atoms with Gasteiger partial charge in [-0.15, -0.1) is 0 Å². The summed E-state index contributed by atoms with van der Waals surface area (Å²) in [7, 11) is 0. The number of aliphatic hydroxyl groups is 9. The Kier molecular flexibility index (Phi) is 24.6. The van der Waals surface area contributed by atoms with Crippen LogP contribution in [0.25, 0.3) is 11.1 Å². The smallest absolute Gasteiger partial charge is 0.330 e. The van der Waals surface area contributed by atoms with E-state index in [0.29, 0.717) is 0 Å². The van der Waals surface area contributed by atoms with Crippen LogP contribution in [0.2, 0.25) is 10.0 Å². The summed E-state index contributed by atoms with van der Waals surface area (Å²) in [6.45, 7) is 0.220. The number of aromatic hydroxyl groups is 4. The molecule has 16 rings (SSSR count). The number of nitrogens with two attached hydrogens (primary N) is 1. The van der Waals surface area contributed by atoms with Gasteiger partial charge in [0.25, 0.3) is 0 Å². The van der Waals surface area contributed by atoms with Crippen LogP contribution < -0.4 is 66.6 Å². The van der Waals surface area contributed by atoms with E-state index in [1.807, 2.05) is 0 Å². The lowest BCUT2D eigenvalue weighted by atomic mass is 9.89. The van der Waals surface area contributed by atoms with Crippen molar-refractivity contribution in [2.24, 2.45) is 11.7 Å². The maximum atomic E-state index is 16.8. The molecule has 7 aromatic carbocycles. The van der Waals surface area contributed by atoms with E-state index in [1.54, 1.807) is 0 Å². The molecule has 9 heterocycles. The topological polar surface area (TPSA) is 630 Å². The standard InChI is InChI=1S/C79H78Cl2N8O32/c1-26-61(98)62(99)50(23-90)117-77(26)121-69-48-18-33-19-49(69)115-45-10-6-31(16-40(45)81)68(120-78-59(83-27(2)93)65(102)63(100)51(24-91)118-78)60-75(110)88-58(76(111)112)38-21-35(95)22-47(116-79-67(104)66(103)64(101)52(25-92)119-79)53(38)37-15-30(5-7-42(37)96)55(72(107)89-60)86-74(109)57(33)87-73(108)56-32-13-34(94)20-36(14-32)113-46-17-29(4-8-43(46)97)54(82)71(106)84-41(70(105)85-56)12-28-3-9-44(114-48)39(80)11-28/h3-11,13-23,26,41,50-52,54-68,77-79,91-92,94-104H,12,24-25,82H2,1-2H3,(H,83,93)(H,84,106)(H,85,105)(H,86,109)(H,87,108)(H,88,110)(H,89,107)(H,111,112)/t26?,41-,50?,51?,52?,54-,55?,56+,57-,58?,59?,60?,61?,62?,63?,64?,65?,66?,67?,68?,77?,78?,79?/m0/s1. The van der Waals surface area contributed by atoms with Gasteiger partial charge in [0.15, 0.2) is 41.6 Å². The lowest BCUT2D eigenvalue weighted by Gasteiger charge is -2.44. The highest BCUT2D eigenvalue weighted by atomic mass is 35.5. The molecule has 23 atom stereocenters. The van der Waals surface area contributed by atoms with Gasteiger partial charge < -0.3 is 162 Å². The summed E-state index contributed by atoms with van der Waals surface area (Å²) in [4.78, 5) is 136. The number of carbonyl (C=O) groups excluding carboxylic acids is 8. The molecule has 40 nitrogen and oxygen atoms in total. The van der Waals surface area contributed by atoms with Crippen LogP contribution in [0.3, 0.4) is 0 Å². The molecule has 7 amide bonds. The zero-order chi connectivity index (χ0) is 86.8. The molecular formula is C79H78Cl2N8O32. The van der Waals surface area contributed by atoms with E-state index < -0.39 is 292 Å². The molecule has 0 radical (unpaired) electrons. The van der Waals surface area contributed by atoms with Gasteiger partial charge >= 0.3 is 5.97 Å². The van der Waals surface area contributed by atoms with Gasteiger partial charge in [0, 0.05) is 48.1 Å². The fourth-order valence-corrected chi connectivity index (χ4v) is 15.4. The first-order chi connectivity index (χ1) is 57.6. The first kappa shape index (κ1) is 85.6. The number of carboxylic acid groups (broad SMARTS) is 1. The molecule has 9 aliphatic rings. The van der Waals surface area contributed by atoms with Crippen molar-refractivity contribution in [2.75, 3.05) is 13.2 Å². The van der Waals surface area contributed by atoms with E-state index in [-0.39, 0.29) is 50.8 Å². The summed E-state index contributed by atoms with van der Waals surface area (Å²) in [6, 6.07) is 2.84. The van der Waals surface area contributed by atoms with Crippen LogP contribution in [0.1, 0.15) is 89.1 Å². The minimum Gasteiger partial charge on any atom is -0.508 e. The first-order valence-electron chi connectivity index (χ1n) is 37.2. The predicted octanol–water partition coefficient (Wildman–Crippen LogP) is -0.619. The van der Waals surface area contributed by atoms with Gasteiger partial charge in [-0.25, -0.2) is 4.79 Å². The zero-order valence-electron chi connectivity index (χ0n) is 62.9. The second-order valence-electron chi connectivity index (χ2n) is 29.5. The Labute approximate surface area is 692 Å². The molecule has 3 saturated heterocycles. The average Bonchev–Trinajstić information content (AvgIpc) is 0.745. The van der Waals surface area contributed by atoms with Gasteiger partial charge in [0.1, 0.15) is 144 Å². The van der Waals surface area contributed by atoms with Crippen LogP contribution in [0.5, 0.6) is 69.0 Å². The van der Waals surface area contributed by atoms with Crippen molar-refractivity contribution in [1.29, 1.82) is 0 Å². The quantitative estimate of drug-likeness (QED) is 0.0718. The summed E-state index contributed by atoms with van der Waals surface area (Å²) in [5.74, 6) is -19.7. The van der Waals surface area contributed by atoms with E-state index in [9.17, 15) is 90.7 Å². The number of hydrogen-bond acceptors (Lipinski definition) is 32. The molecule has 0 spiro atoms. The van der Waals surface area contributed by atoms with E-state index in [2.05, 4.69) is 37.2 Å². The number of amides is 7. The second-order valence-corrected chi connectivity index (χ2v) is 30.3. The Hall–Kier alpha value is -11.8. The second kappa shape index (κ2) is 34.7. The molecule has 17 bridgehead atoms. The van der Waals surface area contributed by atoms with Crippen LogP contribution in [-0.4, -0.2) is 236 Å². The lowest BCUT2D eigenvalue weighted by Crippen LogP contribution is -2.65. The number of benzene rings is 7. The number of phenols is 4. The Morgan fingerprint density at radius 2 is 1.12 bits per heavy atom. The maximum Gasteiger partial charge on any atom is 0.330 e. The Morgan fingerprint density at radius 3 is 1.77 bits per heavy atom. The minimum atomic E-state index is -2.56. The number of fused-ring (bicyclic) bond motifs is 14. The van der Waals surface area contributed by atoms with Crippen LogP contribution in [0, 0.1) is 5.92 Å². The predicted molar refractivity (Wildman–Crippen MR) is 407 cm³/mol. The molecule has 121 heavy (non-hydrogen) atoms. The monoisotopic (exact) mass is 1720 g/mol. The van der Waals surface area contributed by atoms with E-state index in [4.69, 9.17) is 71.6 Å². The number of ether oxygens (including phenoxy) is 9. The summed E-state index contributed by atoms with van der Waals surface area (Å²) in [5, 5.41) is 174. The van der Waals surface area contributed by atoms with Crippen molar-refractivity contribution in [1.82, 2.24) is 37.2 Å². The van der Waals surface area contributed by atoms with Crippen molar-refractivity contribution < 1.29 is 157 Å². The molecule has 19 unspecified atom stereocenters. The molecular weight excluding hydrogens is 1640 g/mol. The van der Waals surface area contributed by atoms with Gasteiger partial charge in [0.2, 0.25) is 59.7 Å². The Balaban J connectivity index is 1.04. The van der Waals surface area contributed by atoms with E-state index in [1.165, 1.54) is 37.3 Å². The van der Waals surface area contributed by atoms with Crippen LogP contribution in [0.4, 0.5) is 0 Å². The highest BCUT2D eigenvalue weighted by Crippen LogP contribution is 2.51. The Bertz CT molecular complexity index is 5280. The van der Waals surface area contributed by atoms with Gasteiger partial charge in [-0.2, -0.15) is 0 Å². The molecule has 0 saturated carbocycles. The van der Waals surface area contributed by atoms with Crippen LogP contribution >= 0.6 is 23.2 Å². The number of phenolic OH excluding ortho intramolecular Hbond substituents is 4. The largest absolute Gasteiger partial charge is 0.508 e. The molecule has 0 aromatic heterocycles. The average molecular weight is 1720 g/mol. The first-order valence-corrected chi connectivity index (χ1v) is 38.0. The highest BCUT2D eigenvalue weighted by molar-refractivity contribution is 6.32. The summed E-state index contributed by atoms with van der Waals surface area (Å²) in [5.41, 5.74) is 2.91. The minimum absolute atomic E-state index is 0.0372. The SMILES string of the molecule is CC(=O)NC1C(OC2c3ccc(c(Cl)c3)Oc3cc4cc(c3OC3OC(C=O)C(O)C(O)C3C)Oc3ccc(cc3Cl)C[C@@H]3NC(=O)[C@@H](N)c5ccc(O)c(c5)Oc5cc(O)cc(c5)[C@@H](NC3=O)C(=O)N[C@@H]4C(=O)NC3C(=O)NC2C(=O)NC(C(=O)O)c2cc(O)cc(OC4OC(CO)C(O)C(O)C4O)c2-c2cc3ccc2O)OC(CO)C(O)C1O. The van der Waals surface area contributed by atoms with Crippen molar-refractivity contribution in [2.45, 2.75) is 155 Å². The van der Waals surface area contributed by atoms with Gasteiger partial charge in [-0.1, -0.05) is 54.4 Å². The number of nitrogens with one attached hydrogen (secondary N) is 7. The number of carboxylic acids is 1. The van der Waals surface area contributed by atoms with Crippen molar-refractivity contribution in [3.05, 3.63) is 164 Å². The number of aldehydes is 1. The summed E-state index contributed by atoms with van der Waals surface area (Å²) >= 11 is 14.5. The fourth-order valence-electron chi connectivity index (χ4n) is 15.0. The van der Waals surface area contributed by atoms with E-state index in [0.717, 1.165) is 91.9 Å². The number of hydrogen-bond donors (Lipinski definition) is 22. The van der Waals surface area contributed by atoms with E-state index >= 15 is 24.0 Å². The Morgan fingerprint density at radius 1 is 0.537 bits per heavy atom. The number of halogens is 2. The third-order valence-electron chi connectivity index (χ3n) is 21.3. The number of aliphatic hydroxyl groups excluding tert-OH is 9. The molecule has 23 N–H and O–H groups in total. The van der Waals surface area contributed by atoms with Gasteiger partial charge in [-0.05, 0) is 112 Å². The van der Waals surface area contributed by atoms with Gasteiger partial charge in [-0.3, -0.25) is 33.6 Å². The third kappa shape index (κ3) is 17.2. The zero-order valence-corrected chi connectivity index (χ0v) is 64.4. The fraction of sp³-hybridized carbons (Fsp3) is 0.354. The molecule has 9 aliphatic heterocycles. The molecule has 42 heteroatoms. The van der Waals surface area contributed by atoms with Crippen LogP contribution in [0.15, 0.2) is 115 Å². The number of carbonyl (C=O) groups is 9. The molecule has 7 aromatic rings. The van der Waals surface area contributed by atoms with Crippen molar-refractivity contribution in [3.8, 4) is 80.1 Å². The molecule has 3 fully saturated rings. The maximum absolute atomic E-state index is 16.8. The third-order valence-corrected chi connectivity index (χ3v) is 21.9. The van der Waals surface area contributed by atoms with Crippen molar-refractivity contribution >= 4 is 76.8 Å².